The van der Waals surface area contributed by atoms with Gasteiger partial charge in [0.25, 0.3) is 0 Å². The van der Waals surface area contributed by atoms with Crippen LogP contribution in [0.25, 0.3) is 11.0 Å². The Bertz CT molecular complexity index is 798. The number of fused-ring (bicyclic) bond motifs is 1. The topological polar surface area (TPSA) is 68.0 Å². The molecule has 0 spiro atoms. The van der Waals surface area contributed by atoms with Gasteiger partial charge in [0.05, 0.1) is 12.7 Å². The highest BCUT2D eigenvalue weighted by Crippen LogP contribution is 2.16. The molecule has 0 atom stereocenters. The number of carbonyl (C=O) groups is 1. The average molecular weight is 288 g/mol. The molecule has 20 heavy (non-hydrogen) atoms. The zero-order valence-corrected chi connectivity index (χ0v) is 11.1. The number of aromatic nitrogens is 3. The number of pyridine rings is 1. The lowest BCUT2D eigenvalue weighted by Gasteiger charge is -2.04. The highest BCUT2D eigenvalue weighted by molar-refractivity contribution is 6.30. The van der Waals surface area contributed by atoms with Crippen LogP contribution in [0.3, 0.4) is 0 Å². The molecule has 0 amide bonds. The average Bonchev–Trinajstić information content (AvgIpc) is 2.81. The number of carboxylic acid groups (broad SMARTS) is 1. The van der Waals surface area contributed by atoms with Crippen molar-refractivity contribution in [2.24, 2.45) is 0 Å². The van der Waals surface area contributed by atoms with E-state index in [0.29, 0.717) is 17.2 Å². The summed E-state index contributed by atoms with van der Waals surface area (Å²) in [7, 11) is 0. The molecule has 0 radical (unpaired) electrons. The Kier molecular flexibility index (Phi) is 3.12. The van der Waals surface area contributed by atoms with Crippen LogP contribution >= 0.6 is 11.6 Å². The maximum absolute atomic E-state index is 11.0. The minimum absolute atomic E-state index is 0.00495. The van der Waals surface area contributed by atoms with E-state index in [2.05, 4.69) is 10.1 Å². The van der Waals surface area contributed by atoms with Crippen LogP contribution in [0, 0.1) is 0 Å². The van der Waals surface area contributed by atoms with Crippen LogP contribution in [0.15, 0.2) is 42.6 Å². The quantitative estimate of drug-likeness (QED) is 0.804. The van der Waals surface area contributed by atoms with Crippen molar-refractivity contribution in [3.63, 3.8) is 0 Å². The maximum atomic E-state index is 11.0. The van der Waals surface area contributed by atoms with Gasteiger partial charge in [-0.1, -0.05) is 23.7 Å². The highest BCUT2D eigenvalue weighted by atomic mass is 35.5. The Hall–Kier alpha value is -2.40. The van der Waals surface area contributed by atoms with Crippen molar-refractivity contribution in [1.29, 1.82) is 0 Å². The van der Waals surface area contributed by atoms with Crippen molar-refractivity contribution in [2.75, 3.05) is 0 Å². The van der Waals surface area contributed by atoms with E-state index in [1.54, 1.807) is 23.0 Å². The standard InChI is InChI=1S/C14H10ClN3O2/c15-11-3-1-2-9(6-11)8-18-13-10(7-16-18)4-5-12(17-13)14(19)20/h1-7H,8H2,(H,19,20). The Morgan fingerprint density at radius 1 is 1.30 bits per heavy atom. The largest absolute Gasteiger partial charge is 0.477 e. The number of aromatic carboxylic acids is 1. The number of nitrogens with zero attached hydrogens (tertiary/aromatic N) is 3. The van der Waals surface area contributed by atoms with Gasteiger partial charge in [-0.2, -0.15) is 5.10 Å². The second-order valence-electron chi connectivity index (χ2n) is 4.35. The van der Waals surface area contributed by atoms with Gasteiger partial charge in [0.2, 0.25) is 0 Å². The summed E-state index contributed by atoms with van der Waals surface area (Å²) < 4.78 is 1.66. The molecule has 1 aromatic carbocycles. The summed E-state index contributed by atoms with van der Waals surface area (Å²) in [5, 5.41) is 14.7. The van der Waals surface area contributed by atoms with Crippen LogP contribution in [0.2, 0.25) is 5.02 Å². The third-order valence-corrected chi connectivity index (χ3v) is 3.16. The Morgan fingerprint density at radius 2 is 2.15 bits per heavy atom. The molecular weight excluding hydrogens is 278 g/mol. The monoisotopic (exact) mass is 287 g/mol. The fraction of sp³-hybridized carbons (Fsp3) is 0.0714. The molecule has 0 bridgehead atoms. The van der Waals surface area contributed by atoms with Crippen LogP contribution in [-0.2, 0) is 6.54 Å². The number of rotatable bonds is 3. The Morgan fingerprint density at radius 3 is 2.90 bits per heavy atom. The Labute approximate surface area is 119 Å². The van der Waals surface area contributed by atoms with Crippen molar-refractivity contribution in [1.82, 2.24) is 14.8 Å². The summed E-state index contributed by atoms with van der Waals surface area (Å²) in [5.74, 6) is -1.05. The fourth-order valence-corrected chi connectivity index (χ4v) is 2.21. The van der Waals surface area contributed by atoms with Crippen molar-refractivity contribution in [3.8, 4) is 0 Å². The highest BCUT2D eigenvalue weighted by Gasteiger charge is 2.10. The number of benzene rings is 1. The summed E-state index contributed by atoms with van der Waals surface area (Å²) in [5.41, 5.74) is 1.53. The van der Waals surface area contributed by atoms with Gasteiger partial charge in [0.1, 0.15) is 0 Å². The smallest absolute Gasteiger partial charge is 0.354 e. The molecule has 2 heterocycles. The van der Waals surface area contributed by atoms with Crippen LogP contribution in [0.4, 0.5) is 0 Å². The third kappa shape index (κ3) is 2.35. The molecule has 0 aliphatic carbocycles. The van der Waals surface area contributed by atoms with Gasteiger partial charge in [0, 0.05) is 10.4 Å². The molecule has 0 saturated heterocycles. The molecule has 6 heteroatoms. The van der Waals surface area contributed by atoms with E-state index in [1.807, 2.05) is 18.2 Å². The van der Waals surface area contributed by atoms with Gasteiger partial charge in [-0.3, -0.25) is 0 Å². The van der Waals surface area contributed by atoms with E-state index in [0.717, 1.165) is 10.9 Å². The van der Waals surface area contributed by atoms with Crippen molar-refractivity contribution >= 4 is 28.6 Å². The van der Waals surface area contributed by atoms with E-state index in [-0.39, 0.29) is 5.69 Å². The third-order valence-electron chi connectivity index (χ3n) is 2.93. The number of halogens is 1. The molecule has 5 nitrogen and oxygen atoms in total. The van der Waals surface area contributed by atoms with E-state index in [1.165, 1.54) is 6.07 Å². The molecule has 2 aromatic heterocycles. The van der Waals surface area contributed by atoms with Crippen LogP contribution in [-0.4, -0.2) is 25.8 Å². The van der Waals surface area contributed by atoms with Gasteiger partial charge in [-0.25, -0.2) is 14.5 Å². The molecule has 0 unspecified atom stereocenters. The van der Waals surface area contributed by atoms with E-state index in [9.17, 15) is 4.79 Å². The first-order valence-electron chi connectivity index (χ1n) is 5.94. The number of carboxylic acids is 1. The summed E-state index contributed by atoms with van der Waals surface area (Å²) in [6, 6.07) is 10.6. The normalized spacial score (nSPS) is 10.8. The van der Waals surface area contributed by atoms with E-state index >= 15 is 0 Å². The van der Waals surface area contributed by atoms with E-state index < -0.39 is 5.97 Å². The first-order chi connectivity index (χ1) is 9.63. The number of hydrogen-bond donors (Lipinski definition) is 1. The molecular formula is C14H10ClN3O2. The summed E-state index contributed by atoms with van der Waals surface area (Å²) in [4.78, 5) is 15.1. The molecule has 3 rings (SSSR count). The molecule has 100 valence electrons. The molecule has 1 N–H and O–H groups in total. The fourth-order valence-electron chi connectivity index (χ4n) is 2.00. The van der Waals surface area contributed by atoms with Gasteiger partial charge < -0.3 is 5.11 Å². The maximum Gasteiger partial charge on any atom is 0.354 e. The first-order valence-corrected chi connectivity index (χ1v) is 6.31. The van der Waals surface area contributed by atoms with Crippen LogP contribution in [0.5, 0.6) is 0 Å². The van der Waals surface area contributed by atoms with Gasteiger partial charge in [-0.15, -0.1) is 0 Å². The molecule has 0 aliphatic heterocycles. The van der Waals surface area contributed by atoms with Crippen molar-refractivity contribution in [3.05, 3.63) is 58.9 Å². The second kappa shape index (κ2) is 4.94. The van der Waals surface area contributed by atoms with E-state index in [4.69, 9.17) is 16.7 Å². The van der Waals surface area contributed by atoms with Crippen molar-refractivity contribution < 1.29 is 9.90 Å². The first kappa shape index (κ1) is 12.6. The predicted molar refractivity (Wildman–Crippen MR) is 75.0 cm³/mol. The second-order valence-corrected chi connectivity index (χ2v) is 4.78. The molecule has 0 saturated carbocycles. The lowest BCUT2D eigenvalue weighted by Crippen LogP contribution is -2.05. The van der Waals surface area contributed by atoms with Crippen molar-refractivity contribution in [2.45, 2.75) is 6.54 Å². The summed E-state index contributed by atoms with van der Waals surface area (Å²) in [6.07, 6.45) is 1.67. The summed E-state index contributed by atoms with van der Waals surface area (Å²) in [6.45, 7) is 0.486. The minimum Gasteiger partial charge on any atom is -0.477 e. The van der Waals surface area contributed by atoms with Crippen LogP contribution < -0.4 is 0 Å². The van der Waals surface area contributed by atoms with Gasteiger partial charge in [-0.05, 0) is 29.8 Å². The predicted octanol–water partition coefficient (Wildman–Crippen LogP) is 2.83. The lowest BCUT2D eigenvalue weighted by molar-refractivity contribution is 0.0691. The van der Waals surface area contributed by atoms with Gasteiger partial charge >= 0.3 is 5.97 Å². The molecule has 3 aromatic rings. The zero-order chi connectivity index (χ0) is 14.1. The molecule has 0 aliphatic rings. The SMILES string of the molecule is O=C(O)c1ccc2cnn(Cc3cccc(Cl)c3)c2n1. The summed E-state index contributed by atoms with van der Waals surface area (Å²) >= 11 is 5.95. The van der Waals surface area contributed by atoms with Crippen LogP contribution in [0.1, 0.15) is 16.1 Å². The lowest BCUT2D eigenvalue weighted by atomic mass is 10.2. The Balaban J connectivity index is 2.03. The number of hydrogen-bond acceptors (Lipinski definition) is 3. The zero-order valence-electron chi connectivity index (χ0n) is 10.3. The van der Waals surface area contributed by atoms with Gasteiger partial charge in [0.15, 0.2) is 11.3 Å². The molecule has 0 fully saturated rings. The minimum atomic E-state index is -1.05.